The Morgan fingerprint density at radius 2 is 1.83 bits per heavy atom. The van der Waals surface area contributed by atoms with E-state index in [9.17, 15) is 20.3 Å². The van der Waals surface area contributed by atoms with Crippen LogP contribution >= 0.6 is 23.2 Å². The van der Waals surface area contributed by atoms with E-state index < -0.39 is 23.5 Å². The van der Waals surface area contributed by atoms with Gasteiger partial charge in [0, 0.05) is 27.4 Å². The minimum atomic E-state index is -1.01. The second-order valence-electron chi connectivity index (χ2n) is 10.9. The molecule has 2 unspecified atom stereocenters. The Labute approximate surface area is 224 Å². The van der Waals surface area contributed by atoms with E-state index in [1.165, 1.54) is 0 Å². The van der Waals surface area contributed by atoms with Crippen molar-refractivity contribution in [1.29, 1.82) is 5.26 Å². The molecule has 3 rings (SSSR count). The summed E-state index contributed by atoms with van der Waals surface area (Å²) in [5.74, 6) is -0.202. The monoisotopic (exact) mass is 530 g/mol. The maximum atomic E-state index is 14.4. The van der Waals surface area contributed by atoms with Gasteiger partial charge in [-0.2, -0.15) is 5.26 Å². The van der Waals surface area contributed by atoms with E-state index >= 15 is 0 Å². The lowest BCUT2D eigenvalue weighted by Crippen LogP contribution is -2.57. The molecule has 1 fully saturated rings. The van der Waals surface area contributed by atoms with Gasteiger partial charge in [-0.15, -0.1) is 0 Å². The molecule has 1 heterocycles. The molecule has 2 N–H and O–H groups in total. The van der Waals surface area contributed by atoms with Gasteiger partial charge in [-0.1, -0.05) is 61.3 Å². The van der Waals surface area contributed by atoms with Crippen LogP contribution in [0.4, 0.5) is 0 Å². The molecule has 2 aromatic rings. The standard InChI is InChI=1S/C29H36Cl2N2O3/c1-5-23(14-28(2,3)18-32)33-26(19-9-11-21(30)12-10-19)25(20-7-6-8-22(31)13-20)16-29(4,27(33)36)15-24(35)17-34/h6-13,23-26,34-35H,5,14-17H2,1-4H3/t23?,24?,25-,26-,29+/m1/s1. The third-order valence-corrected chi connectivity index (χ3v) is 7.89. The zero-order valence-electron chi connectivity index (χ0n) is 21.4. The zero-order valence-corrected chi connectivity index (χ0v) is 22.9. The Morgan fingerprint density at radius 3 is 2.39 bits per heavy atom. The van der Waals surface area contributed by atoms with Crippen molar-refractivity contribution in [1.82, 2.24) is 4.90 Å². The predicted molar refractivity (Wildman–Crippen MR) is 144 cm³/mol. The summed E-state index contributed by atoms with van der Waals surface area (Å²) < 4.78 is 0. The lowest BCUT2D eigenvalue weighted by Gasteiger charge is -2.53. The molecule has 7 heteroatoms. The Hall–Kier alpha value is -2.10. The number of nitrogens with zero attached hydrogens (tertiary/aromatic N) is 2. The molecule has 1 aliphatic rings. The Bertz CT molecular complexity index is 1100. The number of carbonyl (C=O) groups excluding carboxylic acids is 1. The van der Waals surface area contributed by atoms with Crippen LogP contribution in [0.5, 0.6) is 0 Å². The van der Waals surface area contributed by atoms with Crippen molar-refractivity contribution in [3.05, 3.63) is 69.7 Å². The maximum Gasteiger partial charge on any atom is 0.229 e. The molecular weight excluding hydrogens is 495 g/mol. The molecule has 2 aromatic carbocycles. The van der Waals surface area contributed by atoms with Crippen LogP contribution in [-0.4, -0.2) is 39.8 Å². The smallest absolute Gasteiger partial charge is 0.229 e. The first-order valence-corrected chi connectivity index (χ1v) is 13.2. The first-order chi connectivity index (χ1) is 16.9. The number of benzene rings is 2. The van der Waals surface area contributed by atoms with Gasteiger partial charge < -0.3 is 15.1 Å². The number of rotatable bonds is 9. The number of nitriles is 1. The van der Waals surface area contributed by atoms with E-state index in [1.54, 1.807) is 0 Å². The predicted octanol–water partition coefficient (Wildman–Crippen LogP) is 6.52. The van der Waals surface area contributed by atoms with Crippen molar-refractivity contribution in [2.45, 2.75) is 77.5 Å². The fourth-order valence-corrected chi connectivity index (χ4v) is 5.95. The van der Waals surface area contributed by atoms with E-state index in [0.717, 1.165) is 11.1 Å². The lowest BCUT2D eigenvalue weighted by atomic mass is 9.66. The second kappa shape index (κ2) is 11.5. The third-order valence-electron chi connectivity index (χ3n) is 7.40. The third kappa shape index (κ3) is 6.23. The van der Waals surface area contributed by atoms with Gasteiger partial charge in [0.05, 0.1) is 30.2 Å². The van der Waals surface area contributed by atoms with Crippen molar-refractivity contribution in [2.75, 3.05) is 6.61 Å². The summed E-state index contributed by atoms with van der Waals surface area (Å²) in [5, 5.41) is 31.0. The fraction of sp³-hybridized carbons (Fsp3) is 0.517. The van der Waals surface area contributed by atoms with Gasteiger partial charge in [0.2, 0.25) is 5.91 Å². The molecular formula is C29H36Cl2N2O3. The molecule has 0 bridgehead atoms. The molecule has 5 atom stereocenters. The van der Waals surface area contributed by atoms with E-state index in [4.69, 9.17) is 23.2 Å². The molecule has 1 aliphatic heterocycles. The number of halogens is 2. The second-order valence-corrected chi connectivity index (χ2v) is 11.8. The number of likely N-dealkylation sites (tertiary alicyclic amines) is 1. The van der Waals surface area contributed by atoms with Crippen LogP contribution in [0, 0.1) is 22.2 Å². The topological polar surface area (TPSA) is 84.6 Å². The van der Waals surface area contributed by atoms with Crippen molar-refractivity contribution in [3.8, 4) is 6.07 Å². The van der Waals surface area contributed by atoms with Gasteiger partial charge in [-0.05, 0) is 74.9 Å². The maximum absolute atomic E-state index is 14.4. The van der Waals surface area contributed by atoms with Crippen LogP contribution in [-0.2, 0) is 4.79 Å². The van der Waals surface area contributed by atoms with Gasteiger partial charge in [0.25, 0.3) is 0 Å². The van der Waals surface area contributed by atoms with E-state index in [-0.39, 0.29) is 30.3 Å². The van der Waals surface area contributed by atoms with Crippen molar-refractivity contribution in [3.63, 3.8) is 0 Å². The van der Waals surface area contributed by atoms with Crippen LogP contribution in [0.25, 0.3) is 0 Å². The van der Waals surface area contributed by atoms with Crippen LogP contribution < -0.4 is 0 Å². The lowest BCUT2D eigenvalue weighted by molar-refractivity contribution is -0.158. The summed E-state index contributed by atoms with van der Waals surface area (Å²) in [5.41, 5.74) is 0.410. The molecule has 5 nitrogen and oxygen atoms in total. The number of piperidine rings is 1. The highest BCUT2D eigenvalue weighted by molar-refractivity contribution is 6.30. The molecule has 0 radical (unpaired) electrons. The molecule has 36 heavy (non-hydrogen) atoms. The summed E-state index contributed by atoms with van der Waals surface area (Å²) in [4.78, 5) is 16.3. The van der Waals surface area contributed by atoms with Crippen LogP contribution in [0.1, 0.15) is 76.5 Å². The highest BCUT2D eigenvalue weighted by Gasteiger charge is 2.52. The van der Waals surface area contributed by atoms with Crippen molar-refractivity contribution in [2.24, 2.45) is 10.8 Å². The number of hydrogen-bond acceptors (Lipinski definition) is 4. The highest BCUT2D eigenvalue weighted by atomic mass is 35.5. The van der Waals surface area contributed by atoms with Crippen molar-refractivity contribution < 1.29 is 15.0 Å². The van der Waals surface area contributed by atoms with Gasteiger partial charge in [-0.3, -0.25) is 4.79 Å². The number of carbonyl (C=O) groups is 1. The minimum absolute atomic E-state index is 0.0752. The number of amides is 1. The first kappa shape index (κ1) is 28.5. The SMILES string of the molecule is CCC(CC(C)(C)C#N)N1C(=O)[C@@](C)(CC(O)CO)C[C@H](c2cccc(Cl)c2)[C@H]1c1ccc(Cl)cc1. The highest BCUT2D eigenvalue weighted by Crippen LogP contribution is 2.53. The molecule has 0 spiro atoms. The van der Waals surface area contributed by atoms with Gasteiger partial charge in [0.15, 0.2) is 0 Å². The van der Waals surface area contributed by atoms with Crippen LogP contribution in [0.3, 0.4) is 0 Å². The molecule has 1 amide bonds. The number of aliphatic hydroxyl groups is 2. The van der Waals surface area contributed by atoms with E-state index in [1.807, 2.05) is 81.1 Å². The summed E-state index contributed by atoms with van der Waals surface area (Å²) in [6, 6.07) is 17.1. The minimum Gasteiger partial charge on any atom is -0.394 e. The number of aliphatic hydroxyl groups excluding tert-OH is 2. The molecule has 1 saturated heterocycles. The van der Waals surface area contributed by atoms with Crippen molar-refractivity contribution >= 4 is 29.1 Å². The number of hydrogen-bond donors (Lipinski definition) is 2. The Morgan fingerprint density at radius 1 is 1.17 bits per heavy atom. The fourth-order valence-electron chi connectivity index (χ4n) is 5.63. The van der Waals surface area contributed by atoms with Crippen LogP contribution in [0.15, 0.2) is 48.5 Å². The summed E-state index contributed by atoms with van der Waals surface area (Å²) in [6.45, 7) is 7.28. The summed E-state index contributed by atoms with van der Waals surface area (Å²) >= 11 is 12.6. The van der Waals surface area contributed by atoms with Gasteiger partial charge in [-0.25, -0.2) is 0 Å². The summed E-state index contributed by atoms with van der Waals surface area (Å²) in [7, 11) is 0. The molecule has 0 aromatic heterocycles. The molecule has 0 saturated carbocycles. The largest absolute Gasteiger partial charge is 0.394 e. The van der Waals surface area contributed by atoms with E-state index in [2.05, 4.69) is 6.07 Å². The normalized spacial score (nSPS) is 24.3. The average Bonchev–Trinajstić information content (AvgIpc) is 2.84. The van der Waals surface area contributed by atoms with E-state index in [0.29, 0.717) is 29.3 Å². The Balaban J connectivity index is 2.24. The quantitative estimate of drug-likeness (QED) is 0.386. The van der Waals surface area contributed by atoms with Gasteiger partial charge in [0.1, 0.15) is 0 Å². The van der Waals surface area contributed by atoms with Gasteiger partial charge >= 0.3 is 0 Å². The Kier molecular flexibility index (Phi) is 9.11. The summed E-state index contributed by atoms with van der Waals surface area (Å²) in [6.07, 6.45) is 0.786. The molecule has 0 aliphatic carbocycles. The average molecular weight is 532 g/mol. The molecule has 194 valence electrons. The van der Waals surface area contributed by atoms with Crippen LogP contribution in [0.2, 0.25) is 10.0 Å². The first-order valence-electron chi connectivity index (χ1n) is 12.5. The zero-order chi connectivity index (χ0) is 26.7.